The van der Waals surface area contributed by atoms with Crippen LogP contribution in [0.2, 0.25) is 0 Å². The topological polar surface area (TPSA) is 68.3 Å². The van der Waals surface area contributed by atoms with Gasteiger partial charge >= 0.3 is 5.97 Å². The van der Waals surface area contributed by atoms with E-state index in [4.69, 9.17) is 4.74 Å². The van der Waals surface area contributed by atoms with Crippen LogP contribution in [0.25, 0.3) is 0 Å². The van der Waals surface area contributed by atoms with Crippen LogP contribution in [-0.2, 0) is 4.74 Å². The van der Waals surface area contributed by atoms with E-state index in [1.54, 1.807) is 30.5 Å². The molecule has 1 N–H and O–H groups in total. The van der Waals surface area contributed by atoms with E-state index in [1.165, 1.54) is 11.3 Å². The maximum Gasteiger partial charge on any atom is 0.357 e. The Balaban J connectivity index is 2.09. The smallest absolute Gasteiger partial charge is 0.357 e. The number of amides is 1. The van der Waals surface area contributed by atoms with Crippen molar-refractivity contribution in [3.8, 4) is 0 Å². The highest BCUT2D eigenvalue weighted by Gasteiger charge is 2.15. The highest BCUT2D eigenvalue weighted by molar-refractivity contribution is 9.10. The van der Waals surface area contributed by atoms with Gasteiger partial charge in [0.25, 0.3) is 5.91 Å². The van der Waals surface area contributed by atoms with Crippen molar-refractivity contribution in [3.63, 3.8) is 0 Å². The normalized spacial score (nSPS) is 10.1. The molecule has 0 aliphatic rings. The summed E-state index contributed by atoms with van der Waals surface area (Å²) in [5, 5.41) is 4.55. The van der Waals surface area contributed by atoms with E-state index >= 15 is 0 Å². The minimum absolute atomic E-state index is 0.194. The lowest BCUT2D eigenvalue weighted by Crippen LogP contribution is -2.13. The molecule has 0 aliphatic heterocycles. The number of aromatic nitrogens is 1. The van der Waals surface area contributed by atoms with Crippen molar-refractivity contribution in [1.29, 1.82) is 0 Å². The maximum absolute atomic E-state index is 12.0. The van der Waals surface area contributed by atoms with Gasteiger partial charge in [-0.15, -0.1) is 11.3 Å². The molecule has 0 spiro atoms. The summed E-state index contributed by atoms with van der Waals surface area (Å²) in [6.07, 6.45) is 0. The minimum Gasteiger partial charge on any atom is -0.461 e. The molecule has 0 saturated carbocycles. The van der Waals surface area contributed by atoms with Gasteiger partial charge in [-0.25, -0.2) is 9.78 Å². The average molecular weight is 355 g/mol. The van der Waals surface area contributed by atoms with Crippen LogP contribution < -0.4 is 5.32 Å². The summed E-state index contributed by atoms with van der Waals surface area (Å²) >= 11 is 4.48. The fourth-order valence-corrected chi connectivity index (χ4v) is 2.58. The largest absolute Gasteiger partial charge is 0.461 e. The number of rotatable bonds is 4. The van der Waals surface area contributed by atoms with E-state index in [-0.39, 0.29) is 18.2 Å². The average Bonchev–Trinajstić information content (AvgIpc) is 2.88. The third kappa shape index (κ3) is 3.43. The van der Waals surface area contributed by atoms with Gasteiger partial charge < -0.3 is 4.74 Å². The van der Waals surface area contributed by atoms with E-state index in [0.717, 1.165) is 0 Å². The molecule has 5 nitrogen and oxygen atoms in total. The molecule has 104 valence electrons. The standard InChI is InChI=1S/C13H11BrN2O3S/c1-2-19-12(18)10-7-20-13(15-10)16-11(17)8-5-3-4-6-9(8)14/h3-7H,2H2,1H3,(H,15,16,17). The number of carbonyl (C=O) groups is 2. The number of nitrogens with one attached hydrogen (secondary N) is 1. The van der Waals surface area contributed by atoms with Crippen LogP contribution in [0.4, 0.5) is 5.13 Å². The molecule has 0 atom stereocenters. The van der Waals surface area contributed by atoms with Crippen molar-refractivity contribution in [1.82, 2.24) is 4.98 Å². The number of benzene rings is 1. The summed E-state index contributed by atoms with van der Waals surface area (Å²) in [4.78, 5) is 27.5. The first kappa shape index (κ1) is 14.7. The molecule has 0 bridgehead atoms. The van der Waals surface area contributed by atoms with Gasteiger partial charge in [0.1, 0.15) is 0 Å². The summed E-state index contributed by atoms with van der Waals surface area (Å²) in [6.45, 7) is 2.01. The Kier molecular flexibility index (Phi) is 4.86. The summed E-state index contributed by atoms with van der Waals surface area (Å²) < 4.78 is 5.53. The van der Waals surface area contributed by atoms with Gasteiger partial charge in [0.05, 0.1) is 12.2 Å². The molecule has 2 rings (SSSR count). The van der Waals surface area contributed by atoms with Crippen molar-refractivity contribution >= 4 is 44.3 Å². The quantitative estimate of drug-likeness (QED) is 0.855. The molecule has 1 heterocycles. The Morgan fingerprint density at radius 1 is 1.40 bits per heavy atom. The molecule has 0 aliphatic carbocycles. The van der Waals surface area contributed by atoms with Crippen molar-refractivity contribution in [2.24, 2.45) is 0 Å². The second-order valence-corrected chi connectivity index (χ2v) is 5.40. The van der Waals surface area contributed by atoms with Crippen LogP contribution in [0.1, 0.15) is 27.8 Å². The van der Waals surface area contributed by atoms with Gasteiger partial charge in [-0.3, -0.25) is 10.1 Å². The number of nitrogens with zero attached hydrogens (tertiary/aromatic N) is 1. The Morgan fingerprint density at radius 3 is 2.85 bits per heavy atom. The molecule has 1 aromatic heterocycles. The molecule has 7 heteroatoms. The first-order chi connectivity index (χ1) is 9.61. The van der Waals surface area contributed by atoms with Crippen LogP contribution in [0, 0.1) is 0 Å². The van der Waals surface area contributed by atoms with Crippen molar-refractivity contribution in [3.05, 3.63) is 45.4 Å². The summed E-state index contributed by atoms with van der Waals surface area (Å²) in [5.41, 5.74) is 0.694. The molecular formula is C13H11BrN2O3S. The van der Waals surface area contributed by atoms with E-state index in [0.29, 0.717) is 15.2 Å². The molecular weight excluding hydrogens is 344 g/mol. The Morgan fingerprint density at radius 2 is 2.15 bits per heavy atom. The highest BCUT2D eigenvalue weighted by Crippen LogP contribution is 2.20. The zero-order valence-corrected chi connectivity index (χ0v) is 13.0. The molecule has 0 unspecified atom stereocenters. The summed E-state index contributed by atoms with van der Waals surface area (Å²) in [6, 6.07) is 7.06. The molecule has 0 radical (unpaired) electrons. The number of ether oxygens (including phenoxy) is 1. The molecule has 2 aromatic rings. The predicted molar refractivity (Wildman–Crippen MR) is 80.2 cm³/mol. The van der Waals surface area contributed by atoms with E-state index < -0.39 is 5.97 Å². The lowest BCUT2D eigenvalue weighted by Gasteiger charge is -2.03. The predicted octanol–water partition coefficient (Wildman–Crippen LogP) is 3.33. The second-order valence-electron chi connectivity index (χ2n) is 3.69. The van der Waals surface area contributed by atoms with Gasteiger partial charge in [-0.2, -0.15) is 0 Å². The molecule has 0 fully saturated rings. The van der Waals surface area contributed by atoms with Gasteiger partial charge in [0.15, 0.2) is 10.8 Å². The van der Waals surface area contributed by atoms with Gasteiger partial charge in [-0.1, -0.05) is 12.1 Å². The van der Waals surface area contributed by atoms with Crippen molar-refractivity contribution in [2.75, 3.05) is 11.9 Å². The zero-order chi connectivity index (χ0) is 14.5. The van der Waals surface area contributed by atoms with Crippen LogP contribution in [0.3, 0.4) is 0 Å². The van der Waals surface area contributed by atoms with Crippen LogP contribution >= 0.6 is 27.3 Å². The van der Waals surface area contributed by atoms with Crippen LogP contribution in [-0.4, -0.2) is 23.5 Å². The number of hydrogen-bond donors (Lipinski definition) is 1. The third-order valence-corrected chi connectivity index (χ3v) is 3.78. The van der Waals surface area contributed by atoms with E-state index in [9.17, 15) is 9.59 Å². The number of halogens is 1. The van der Waals surface area contributed by atoms with Crippen molar-refractivity contribution in [2.45, 2.75) is 6.92 Å². The van der Waals surface area contributed by atoms with E-state index in [2.05, 4.69) is 26.2 Å². The van der Waals surface area contributed by atoms with Crippen molar-refractivity contribution < 1.29 is 14.3 Å². The maximum atomic E-state index is 12.0. The van der Waals surface area contributed by atoms with Crippen LogP contribution in [0.5, 0.6) is 0 Å². The summed E-state index contributed by atoms with van der Waals surface area (Å²) in [7, 11) is 0. The van der Waals surface area contributed by atoms with Gasteiger partial charge in [-0.05, 0) is 35.0 Å². The number of carbonyl (C=O) groups excluding carboxylic acids is 2. The lowest BCUT2D eigenvalue weighted by atomic mass is 10.2. The molecule has 20 heavy (non-hydrogen) atoms. The first-order valence-corrected chi connectivity index (χ1v) is 7.47. The molecule has 1 amide bonds. The monoisotopic (exact) mass is 354 g/mol. The third-order valence-electron chi connectivity index (χ3n) is 2.33. The number of anilines is 1. The number of thiazole rings is 1. The second kappa shape index (κ2) is 6.62. The first-order valence-electron chi connectivity index (χ1n) is 5.80. The number of esters is 1. The highest BCUT2D eigenvalue weighted by atomic mass is 79.9. The van der Waals surface area contributed by atoms with Gasteiger partial charge in [0.2, 0.25) is 0 Å². The van der Waals surface area contributed by atoms with E-state index in [1.807, 2.05) is 6.07 Å². The zero-order valence-electron chi connectivity index (χ0n) is 10.6. The number of hydrogen-bond acceptors (Lipinski definition) is 5. The lowest BCUT2D eigenvalue weighted by molar-refractivity contribution is 0.0520. The fraction of sp³-hybridized carbons (Fsp3) is 0.154. The Bertz CT molecular complexity index is 642. The summed E-state index contributed by atoms with van der Waals surface area (Å²) in [5.74, 6) is -0.785. The van der Waals surface area contributed by atoms with Crippen LogP contribution in [0.15, 0.2) is 34.1 Å². The Hall–Kier alpha value is -1.73. The minimum atomic E-state index is -0.495. The SMILES string of the molecule is CCOC(=O)c1csc(NC(=O)c2ccccc2Br)n1. The Labute approximate surface area is 128 Å². The molecule has 1 aromatic carbocycles. The van der Waals surface area contributed by atoms with Gasteiger partial charge in [0, 0.05) is 9.85 Å². The molecule has 0 saturated heterocycles. The fourth-order valence-electron chi connectivity index (χ4n) is 1.44.